The molecule has 1 amide bonds. The maximum atomic E-state index is 12.3. The maximum absolute atomic E-state index is 12.3. The van der Waals surface area contributed by atoms with Crippen LogP contribution in [0.2, 0.25) is 0 Å². The van der Waals surface area contributed by atoms with Crippen LogP contribution in [-0.2, 0) is 9.53 Å². The van der Waals surface area contributed by atoms with Crippen molar-refractivity contribution in [2.75, 3.05) is 26.3 Å². The molecule has 0 radical (unpaired) electrons. The summed E-state index contributed by atoms with van der Waals surface area (Å²) in [6.45, 7) is 7.60. The van der Waals surface area contributed by atoms with E-state index in [0.717, 1.165) is 52.0 Å². The molecule has 2 N–H and O–H groups in total. The van der Waals surface area contributed by atoms with Gasteiger partial charge in [0.25, 0.3) is 0 Å². The van der Waals surface area contributed by atoms with Gasteiger partial charge in [0, 0.05) is 26.3 Å². The molecule has 2 atom stereocenters. The molecule has 0 bridgehead atoms. The summed E-state index contributed by atoms with van der Waals surface area (Å²) in [6.07, 6.45) is 4.26. The molecule has 2 aliphatic heterocycles. The highest BCUT2D eigenvalue weighted by Gasteiger charge is 2.42. The Balaban J connectivity index is 1.93. The number of nitrogens with two attached hydrogens (primary N) is 1. The predicted octanol–water partition coefficient (Wildman–Crippen LogP) is 1.39. The molecular weight excluding hydrogens is 228 g/mol. The van der Waals surface area contributed by atoms with Crippen molar-refractivity contribution in [1.82, 2.24) is 4.90 Å². The second-order valence-electron chi connectivity index (χ2n) is 6.03. The number of carbonyl (C=O) groups excluding carboxylic acids is 1. The molecule has 18 heavy (non-hydrogen) atoms. The fourth-order valence-corrected chi connectivity index (χ4v) is 3.04. The molecule has 2 fully saturated rings. The van der Waals surface area contributed by atoms with Crippen LogP contribution < -0.4 is 5.73 Å². The molecule has 2 rings (SSSR count). The van der Waals surface area contributed by atoms with Gasteiger partial charge in [-0.3, -0.25) is 4.79 Å². The molecule has 2 saturated heterocycles. The van der Waals surface area contributed by atoms with E-state index in [1.807, 2.05) is 4.90 Å². The van der Waals surface area contributed by atoms with E-state index in [2.05, 4.69) is 13.8 Å². The number of likely N-dealkylation sites (tertiary alicyclic amines) is 1. The van der Waals surface area contributed by atoms with E-state index < -0.39 is 0 Å². The number of ether oxygens (including phenoxy) is 1. The van der Waals surface area contributed by atoms with Crippen molar-refractivity contribution in [3.63, 3.8) is 0 Å². The van der Waals surface area contributed by atoms with Gasteiger partial charge in [-0.15, -0.1) is 0 Å². The SMILES string of the molecule is CCC(C)C(N)C(=O)N1CCC2(CCOCC2)C1. The number of nitrogens with zero attached hydrogens (tertiary/aromatic N) is 1. The minimum Gasteiger partial charge on any atom is -0.381 e. The van der Waals surface area contributed by atoms with E-state index in [0.29, 0.717) is 5.41 Å². The number of amides is 1. The Hall–Kier alpha value is -0.610. The molecule has 4 heteroatoms. The molecule has 0 saturated carbocycles. The average Bonchev–Trinajstić information content (AvgIpc) is 2.80. The minimum atomic E-state index is -0.329. The molecule has 1 spiro atoms. The van der Waals surface area contributed by atoms with Crippen molar-refractivity contribution in [3.05, 3.63) is 0 Å². The summed E-state index contributed by atoms with van der Waals surface area (Å²) < 4.78 is 5.43. The lowest BCUT2D eigenvalue weighted by molar-refractivity contribution is -0.133. The lowest BCUT2D eigenvalue weighted by Gasteiger charge is -2.33. The van der Waals surface area contributed by atoms with Crippen molar-refractivity contribution in [2.45, 2.75) is 45.6 Å². The van der Waals surface area contributed by atoms with Gasteiger partial charge in [0.05, 0.1) is 6.04 Å². The maximum Gasteiger partial charge on any atom is 0.239 e. The van der Waals surface area contributed by atoms with Gasteiger partial charge in [-0.2, -0.15) is 0 Å². The van der Waals surface area contributed by atoms with Crippen molar-refractivity contribution < 1.29 is 9.53 Å². The van der Waals surface area contributed by atoms with E-state index in [1.165, 1.54) is 0 Å². The standard InChI is InChI=1S/C14H26N2O2/c1-3-11(2)12(15)13(17)16-7-4-14(10-16)5-8-18-9-6-14/h11-12H,3-10,15H2,1-2H3. The molecule has 0 aromatic carbocycles. The van der Waals surface area contributed by atoms with E-state index in [-0.39, 0.29) is 17.9 Å². The van der Waals surface area contributed by atoms with Gasteiger partial charge in [-0.1, -0.05) is 20.3 Å². The average molecular weight is 254 g/mol. The van der Waals surface area contributed by atoms with Crippen LogP contribution in [0.1, 0.15) is 39.5 Å². The summed E-state index contributed by atoms with van der Waals surface area (Å²) in [5.41, 5.74) is 6.38. The fraction of sp³-hybridized carbons (Fsp3) is 0.929. The lowest BCUT2D eigenvalue weighted by Crippen LogP contribution is -2.47. The van der Waals surface area contributed by atoms with E-state index in [9.17, 15) is 4.79 Å². The van der Waals surface area contributed by atoms with Gasteiger partial charge < -0.3 is 15.4 Å². The van der Waals surface area contributed by atoms with Gasteiger partial charge in [0.1, 0.15) is 0 Å². The molecule has 0 aliphatic carbocycles. The van der Waals surface area contributed by atoms with E-state index in [1.54, 1.807) is 0 Å². The topological polar surface area (TPSA) is 55.6 Å². The Morgan fingerprint density at radius 1 is 1.39 bits per heavy atom. The highest BCUT2D eigenvalue weighted by atomic mass is 16.5. The number of hydrogen-bond donors (Lipinski definition) is 1. The first kappa shape index (κ1) is 13.8. The zero-order chi connectivity index (χ0) is 13.2. The van der Waals surface area contributed by atoms with E-state index in [4.69, 9.17) is 10.5 Å². The molecule has 0 aromatic rings. The summed E-state index contributed by atoms with van der Waals surface area (Å²) in [5.74, 6) is 0.413. The smallest absolute Gasteiger partial charge is 0.239 e. The zero-order valence-electron chi connectivity index (χ0n) is 11.7. The van der Waals surface area contributed by atoms with Crippen LogP contribution in [0.5, 0.6) is 0 Å². The highest BCUT2D eigenvalue weighted by Crippen LogP contribution is 2.39. The van der Waals surface area contributed by atoms with Crippen LogP contribution in [0.15, 0.2) is 0 Å². The zero-order valence-corrected chi connectivity index (χ0v) is 11.7. The Kier molecular flexibility index (Phi) is 4.28. The summed E-state index contributed by atoms with van der Waals surface area (Å²) >= 11 is 0. The first-order chi connectivity index (χ1) is 8.58. The molecular formula is C14H26N2O2. The van der Waals surface area contributed by atoms with Crippen molar-refractivity contribution in [1.29, 1.82) is 0 Å². The third-order valence-corrected chi connectivity index (χ3v) is 4.85. The third kappa shape index (κ3) is 2.69. The quantitative estimate of drug-likeness (QED) is 0.828. The third-order valence-electron chi connectivity index (χ3n) is 4.85. The summed E-state index contributed by atoms with van der Waals surface area (Å²) in [5, 5.41) is 0. The van der Waals surface area contributed by atoms with Gasteiger partial charge >= 0.3 is 0 Å². The second kappa shape index (κ2) is 5.57. The van der Waals surface area contributed by atoms with Crippen LogP contribution in [0.25, 0.3) is 0 Å². The summed E-state index contributed by atoms with van der Waals surface area (Å²) in [7, 11) is 0. The van der Waals surface area contributed by atoms with Gasteiger partial charge in [-0.25, -0.2) is 0 Å². The van der Waals surface area contributed by atoms with Crippen LogP contribution in [0.4, 0.5) is 0 Å². The number of rotatable bonds is 3. The van der Waals surface area contributed by atoms with E-state index >= 15 is 0 Å². The van der Waals surface area contributed by atoms with Crippen molar-refractivity contribution in [2.24, 2.45) is 17.1 Å². The van der Waals surface area contributed by atoms with Crippen LogP contribution in [0, 0.1) is 11.3 Å². The monoisotopic (exact) mass is 254 g/mol. The molecule has 4 nitrogen and oxygen atoms in total. The predicted molar refractivity (Wildman–Crippen MR) is 71.1 cm³/mol. The Bertz CT molecular complexity index is 300. The Morgan fingerprint density at radius 3 is 2.67 bits per heavy atom. The summed E-state index contributed by atoms with van der Waals surface area (Å²) in [6, 6.07) is -0.329. The number of hydrogen-bond acceptors (Lipinski definition) is 3. The van der Waals surface area contributed by atoms with Gasteiger partial charge in [0.15, 0.2) is 0 Å². The highest BCUT2D eigenvalue weighted by molar-refractivity contribution is 5.82. The Morgan fingerprint density at radius 2 is 2.06 bits per heavy atom. The molecule has 0 aromatic heterocycles. The van der Waals surface area contributed by atoms with Crippen LogP contribution in [0.3, 0.4) is 0 Å². The minimum absolute atomic E-state index is 0.146. The van der Waals surface area contributed by atoms with Crippen molar-refractivity contribution >= 4 is 5.91 Å². The second-order valence-corrected chi connectivity index (χ2v) is 6.03. The lowest BCUT2D eigenvalue weighted by atomic mass is 9.80. The molecule has 2 heterocycles. The van der Waals surface area contributed by atoms with Gasteiger partial charge in [-0.05, 0) is 30.6 Å². The molecule has 104 valence electrons. The fourth-order valence-electron chi connectivity index (χ4n) is 3.04. The first-order valence-electron chi connectivity index (χ1n) is 7.20. The summed E-state index contributed by atoms with van der Waals surface area (Å²) in [4.78, 5) is 14.3. The largest absolute Gasteiger partial charge is 0.381 e. The van der Waals surface area contributed by atoms with Crippen LogP contribution in [-0.4, -0.2) is 43.2 Å². The number of carbonyl (C=O) groups is 1. The van der Waals surface area contributed by atoms with Crippen LogP contribution >= 0.6 is 0 Å². The first-order valence-corrected chi connectivity index (χ1v) is 7.20. The Labute approximate surface area is 110 Å². The van der Waals surface area contributed by atoms with Gasteiger partial charge in [0.2, 0.25) is 5.91 Å². The van der Waals surface area contributed by atoms with Crippen molar-refractivity contribution in [3.8, 4) is 0 Å². The molecule has 2 unspecified atom stereocenters. The normalized spacial score (nSPS) is 26.3. The molecule has 2 aliphatic rings.